The van der Waals surface area contributed by atoms with Crippen molar-refractivity contribution in [1.82, 2.24) is 0 Å². The summed E-state index contributed by atoms with van der Waals surface area (Å²) in [5, 5.41) is 7.39. The lowest BCUT2D eigenvalue weighted by Crippen LogP contribution is -2.12. The van der Waals surface area contributed by atoms with Gasteiger partial charge in [-0.15, -0.1) is 8.58 Å². The van der Waals surface area contributed by atoms with Crippen LogP contribution in [0.2, 0.25) is 0 Å². The molecule has 8 aromatic rings. The van der Waals surface area contributed by atoms with Gasteiger partial charge in [0.1, 0.15) is 0 Å². The van der Waals surface area contributed by atoms with E-state index in [1.54, 1.807) is 0 Å². The first-order valence-electron chi connectivity index (χ1n) is 18.0. The van der Waals surface area contributed by atoms with Crippen molar-refractivity contribution < 1.29 is 0 Å². The molecule has 0 bridgehead atoms. The number of rotatable bonds is 10. The standard InChI is InChI=1S/C48H43N2P/c1-34(2)31-48(51-3)38-21-23-42(24-22-38)50(47-18-10-16-37-13-8-9-17-46(37)47)43-29-27-41(28-30-43)49(44-25-19-35-11-4-6-14-39(35)32-44)45-26-20-36-12-5-7-15-40(36)33-45/h4-30,32-34,48,51H,31H2,1-3H3. The van der Waals surface area contributed by atoms with Crippen LogP contribution in [0, 0.1) is 5.92 Å². The van der Waals surface area contributed by atoms with Crippen molar-refractivity contribution in [1.29, 1.82) is 0 Å². The highest BCUT2D eigenvalue weighted by Crippen LogP contribution is 2.44. The third kappa shape index (κ3) is 6.73. The Kier molecular flexibility index (Phi) is 9.27. The summed E-state index contributed by atoms with van der Waals surface area (Å²) in [5.74, 6) is 0.677. The van der Waals surface area contributed by atoms with E-state index < -0.39 is 0 Å². The third-order valence-electron chi connectivity index (χ3n) is 9.97. The second kappa shape index (κ2) is 14.4. The smallest absolute Gasteiger partial charge is 0.0540 e. The first-order chi connectivity index (χ1) is 25.1. The number of nitrogens with zero attached hydrogens (tertiary/aromatic N) is 2. The molecule has 51 heavy (non-hydrogen) atoms. The molecule has 2 unspecified atom stereocenters. The molecule has 0 N–H and O–H groups in total. The number of hydrogen-bond acceptors (Lipinski definition) is 2. The average Bonchev–Trinajstić information content (AvgIpc) is 3.18. The number of anilines is 6. The summed E-state index contributed by atoms with van der Waals surface area (Å²) in [4.78, 5) is 4.79. The van der Waals surface area contributed by atoms with E-state index >= 15 is 0 Å². The van der Waals surface area contributed by atoms with Crippen LogP contribution in [0.5, 0.6) is 0 Å². The van der Waals surface area contributed by atoms with Gasteiger partial charge in [-0.1, -0.05) is 123 Å². The summed E-state index contributed by atoms with van der Waals surface area (Å²) in [6.07, 6.45) is 1.22. The molecule has 0 saturated heterocycles. The highest BCUT2D eigenvalue weighted by Gasteiger charge is 2.19. The lowest BCUT2D eigenvalue weighted by Gasteiger charge is -2.29. The Morgan fingerprint density at radius 3 is 1.43 bits per heavy atom. The molecule has 0 amide bonds. The molecule has 0 aliphatic rings. The van der Waals surface area contributed by atoms with Crippen LogP contribution in [0.4, 0.5) is 34.1 Å². The molecule has 0 radical (unpaired) electrons. The molecule has 2 nitrogen and oxygen atoms in total. The monoisotopic (exact) mass is 678 g/mol. The highest BCUT2D eigenvalue weighted by atomic mass is 31.1. The molecule has 3 heteroatoms. The van der Waals surface area contributed by atoms with Gasteiger partial charge < -0.3 is 9.80 Å². The topological polar surface area (TPSA) is 6.48 Å². The molecule has 2 atom stereocenters. The van der Waals surface area contributed by atoms with E-state index in [2.05, 4.69) is 206 Å². The van der Waals surface area contributed by atoms with Crippen LogP contribution in [0.1, 0.15) is 31.5 Å². The van der Waals surface area contributed by atoms with Crippen LogP contribution in [-0.2, 0) is 0 Å². The van der Waals surface area contributed by atoms with E-state index in [9.17, 15) is 0 Å². The predicted molar refractivity (Wildman–Crippen MR) is 225 cm³/mol. The minimum Gasteiger partial charge on any atom is -0.310 e. The Hall–Kier alpha value is -5.43. The molecule has 250 valence electrons. The Labute approximate surface area is 303 Å². The van der Waals surface area contributed by atoms with E-state index in [1.807, 2.05) is 0 Å². The van der Waals surface area contributed by atoms with Gasteiger partial charge in [-0.3, -0.25) is 0 Å². The van der Waals surface area contributed by atoms with Crippen molar-refractivity contribution in [2.75, 3.05) is 16.5 Å². The second-order valence-electron chi connectivity index (χ2n) is 13.8. The van der Waals surface area contributed by atoms with Crippen LogP contribution in [0.15, 0.2) is 176 Å². The molecular formula is C48H43N2P. The van der Waals surface area contributed by atoms with E-state index in [0.29, 0.717) is 11.6 Å². The van der Waals surface area contributed by atoms with Crippen molar-refractivity contribution >= 4 is 75.0 Å². The van der Waals surface area contributed by atoms with E-state index in [4.69, 9.17) is 0 Å². The Morgan fingerprint density at radius 1 is 0.431 bits per heavy atom. The summed E-state index contributed by atoms with van der Waals surface area (Å²) < 4.78 is 0. The van der Waals surface area contributed by atoms with Crippen LogP contribution < -0.4 is 9.80 Å². The minimum absolute atomic E-state index is 0.598. The normalized spacial score (nSPS) is 12.3. The van der Waals surface area contributed by atoms with Crippen LogP contribution in [-0.4, -0.2) is 6.66 Å². The highest BCUT2D eigenvalue weighted by molar-refractivity contribution is 7.37. The fourth-order valence-electron chi connectivity index (χ4n) is 7.41. The van der Waals surface area contributed by atoms with Gasteiger partial charge >= 0.3 is 0 Å². The Morgan fingerprint density at radius 2 is 0.882 bits per heavy atom. The van der Waals surface area contributed by atoms with Gasteiger partial charge in [-0.25, -0.2) is 0 Å². The maximum atomic E-state index is 2.41. The zero-order chi connectivity index (χ0) is 34.7. The van der Waals surface area contributed by atoms with Crippen LogP contribution >= 0.6 is 8.58 Å². The van der Waals surface area contributed by atoms with Gasteiger partial charge in [-0.2, -0.15) is 0 Å². The zero-order valence-corrected chi connectivity index (χ0v) is 30.5. The van der Waals surface area contributed by atoms with Crippen LogP contribution in [0.25, 0.3) is 32.3 Å². The van der Waals surface area contributed by atoms with Gasteiger partial charge in [0, 0.05) is 39.5 Å². The van der Waals surface area contributed by atoms with E-state index in [-0.39, 0.29) is 0 Å². The zero-order valence-electron chi connectivity index (χ0n) is 29.5. The second-order valence-corrected chi connectivity index (χ2v) is 15.1. The largest absolute Gasteiger partial charge is 0.310 e. The lowest BCUT2D eigenvalue weighted by molar-refractivity contribution is 0.577. The summed E-state index contributed by atoms with van der Waals surface area (Å²) in [6.45, 7) is 6.99. The molecule has 0 fully saturated rings. The molecule has 0 spiro atoms. The van der Waals surface area contributed by atoms with Crippen molar-refractivity contribution in [3.05, 3.63) is 181 Å². The van der Waals surface area contributed by atoms with Crippen LogP contribution in [0.3, 0.4) is 0 Å². The Balaban J connectivity index is 1.24. The van der Waals surface area contributed by atoms with Gasteiger partial charge in [0.15, 0.2) is 0 Å². The van der Waals surface area contributed by atoms with Gasteiger partial charge in [0.05, 0.1) is 5.69 Å². The SMILES string of the molecule is CPC(CC(C)C)c1ccc(N(c2ccc(N(c3ccc4ccccc4c3)c3ccc4ccccc4c3)cc2)c2cccc3ccccc23)cc1. The molecule has 0 aliphatic heterocycles. The summed E-state index contributed by atoms with van der Waals surface area (Å²) >= 11 is 0. The maximum Gasteiger partial charge on any atom is 0.0540 e. The lowest BCUT2D eigenvalue weighted by atomic mass is 10.0. The fraction of sp³-hybridized carbons (Fsp3) is 0.125. The number of fused-ring (bicyclic) bond motifs is 3. The third-order valence-corrected chi connectivity index (χ3v) is 11.2. The summed E-state index contributed by atoms with van der Waals surface area (Å²) in [7, 11) is 0.885. The van der Waals surface area contributed by atoms with Crippen molar-refractivity contribution in [2.24, 2.45) is 5.92 Å². The maximum absolute atomic E-state index is 2.41. The quantitative estimate of drug-likeness (QED) is 0.133. The molecule has 0 aromatic heterocycles. The first-order valence-corrected chi connectivity index (χ1v) is 19.6. The molecule has 0 saturated carbocycles. The average molecular weight is 679 g/mol. The van der Waals surface area contributed by atoms with Gasteiger partial charge in [0.25, 0.3) is 0 Å². The molecular weight excluding hydrogens is 636 g/mol. The molecule has 0 heterocycles. The molecule has 8 aromatic carbocycles. The molecule has 8 rings (SSSR count). The predicted octanol–water partition coefficient (Wildman–Crippen LogP) is 14.5. The minimum atomic E-state index is 0.598. The van der Waals surface area contributed by atoms with Crippen molar-refractivity contribution in [3.8, 4) is 0 Å². The summed E-state index contributed by atoms with van der Waals surface area (Å²) in [6, 6.07) is 64.4. The first kappa shape index (κ1) is 32.8. The van der Waals surface area contributed by atoms with Gasteiger partial charge in [0.2, 0.25) is 0 Å². The number of hydrogen-bond donors (Lipinski definition) is 0. The van der Waals surface area contributed by atoms with Crippen molar-refractivity contribution in [3.63, 3.8) is 0 Å². The molecule has 0 aliphatic carbocycles. The number of benzene rings is 8. The fourth-order valence-corrected chi connectivity index (χ4v) is 8.64. The van der Waals surface area contributed by atoms with Gasteiger partial charge in [-0.05, 0) is 118 Å². The van der Waals surface area contributed by atoms with Crippen molar-refractivity contribution in [2.45, 2.75) is 25.9 Å². The van der Waals surface area contributed by atoms with E-state index in [0.717, 1.165) is 37.0 Å². The summed E-state index contributed by atoms with van der Waals surface area (Å²) in [5.41, 5.74) is 8.85. The van der Waals surface area contributed by atoms with E-state index in [1.165, 1.54) is 50.0 Å². The Bertz CT molecular complexity index is 2350.